The SMILES string of the molecule is CNc1ccc(NC(=O)c2cn(C)nc2C)cn1. The Hall–Kier alpha value is -2.37. The van der Waals surface area contributed by atoms with Gasteiger partial charge in [0.05, 0.1) is 23.1 Å². The van der Waals surface area contributed by atoms with Gasteiger partial charge in [-0.15, -0.1) is 0 Å². The fraction of sp³-hybridized carbons (Fsp3) is 0.250. The number of anilines is 2. The molecule has 1 amide bonds. The lowest BCUT2D eigenvalue weighted by Crippen LogP contribution is -2.12. The Balaban J connectivity index is 2.13. The normalized spacial score (nSPS) is 10.2. The molecule has 0 bridgehead atoms. The van der Waals surface area contributed by atoms with Crippen LogP contribution < -0.4 is 10.6 Å². The summed E-state index contributed by atoms with van der Waals surface area (Å²) in [5.74, 6) is 0.574. The van der Waals surface area contributed by atoms with Crippen LogP contribution in [-0.2, 0) is 7.05 Å². The lowest BCUT2D eigenvalue weighted by molar-refractivity contribution is 0.102. The van der Waals surface area contributed by atoms with E-state index in [-0.39, 0.29) is 5.91 Å². The molecule has 2 aromatic heterocycles. The number of aryl methyl sites for hydroxylation is 2. The van der Waals surface area contributed by atoms with Crippen LogP contribution in [0.3, 0.4) is 0 Å². The van der Waals surface area contributed by atoms with E-state index in [4.69, 9.17) is 0 Å². The quantitative estimate of drug-likeness (QED) is 0.857. The highest BCUT2D eigenvalue weighted by Gasteiger charge is 2.12. The van der Waals surface area contributed by atoms with Crippen molar-refractivity contribution in [2.24, 2.45) is 7.05 Å². The molecule has 2 aromatic rings. The van der Waals surface area contributed by atoms with E-state index in [0.717, 1.165) is 5.82 Å². The van der Waals surface area contributed by atoms with Gasteiger partial charge in [-0.25, -0.2) is 4.98 Å². The van der Waals surface area contributed by atoms with Crippen LogP contribution in [0, 0.1) is 6.92 Å². The van der Waals surface area contributed by atoms with Gasteiger partial charge < -0.3 is 10.6 Å². The van der Waals surface area contributed by atoms with Gasteiger partial charge in [-0.2, -0.15) is 5.10 Å². The molecule has 0 aliphatic heterocycles. The Bertz CT molecular complexity index is 558. The summed E-state index contributed by atoms with van der Waals surface area (Å²) in [5, 5.41) is 9.83. The van der Waals surface area contributed by atoms with E-state index in [1.807, 2.05) is 0 Å². The highest BCUT2D eigenvalue weighted by molar-refractivity contribution is 6.04. The average molecular weight is 245 g/mol. The molecular formula is C12H15N5O. The summed E-state index contributed by atoms with van der Waals surface area (Å²) in [4.78, 5) is 16.1. The van der Waals surface area contributed by atoms with Gasteiger partial charge in [-0.1, -0.05) is 0 Å². The highest BCUT2D eigenvalue weighted by Crippen LogP contribution is 2.12. The smallest absolute Gasteiger partial charge is 0.259 e. The van der Waals surface area contributed by atoms with Gasteiger partial charge in [0.1, 0.15) is 5.82 Å². The lowest BCUT2D eigenvalue weighted by Gasteiger charge is -2.04. The van der Waals surface area contributed by atoms with Crippen LogP contribution in [0.5, 0.6) is 0 Å². The number of amides is 1. The predicted octanol–water partition coefficient (Wildman–Crippen LogP) is 1.42. The molecular weight excluding hydrogens is 230 g/mol. The van der Waals surface area contributed by atoms with Crippen LogP contribution in [0.25, 0.3) is 0 Å². The molecule has 2 heterocycles. The van der Waals surface area contributed by atoms with E-state index in [1.54, 1.807) is 50.2 Å². The largest absolute Gasteiger partial charge is 0.373 e. The van der Waals surface area contributed by atoms with Crippen LogP contribution in [0.1, 0.15) is 16.1 Å². The van der Waals surface area contributed by atoms with E-state index in [0.29, 0.717) is 16.9 Å². The molecule has 0 atom stereocenters. The van der Waals surface area contributed by atoms with E-state index in [9.17, 15) is 4.79 Å². The van der Waals surface area contributed by atoms with Crippen molar-refractivity contribution in [1.82, 2.24) is 14.8 Å². The van der Waals surface area contributed by atoms with Gasteiger partial charge in [0.15, 0.2) is 0 Å². The Morgan fingerprint density at radius 1 is 1.39 bits per heavy atom. The van der Waals surface area contributed by atoms with E-state index in [2.05, 4.69) is 20.7 Å². The van der Waals surface area contributed by atoms with E-state index < -0.39 is 0 Å². The Kier molecular flexibility index (Phi) is 3.27. The van der Waals surface area contributed by atoms with Crippen molar-refractivity contribution >= 4 is 17.4 Å². The molecule has 0 aliphatic carbocycles. The summed E-state index contributed by atoms with van der Waals surface area (Å²) in [6, 6.07) is 3.59. The third kappa shape index (κ3) is 2.48. The molecule has 0 radical (unpaired) electrons. The van der Waals surface area contributed by atoms with Crippen molar-refractivity contribution in [3.8, 4) is 0 Å². The van der Waals surface area contributed by atoms with Crippen molar-refractivity contribution in [1.29, 1.82) is 0 Å². The molecule has 94 valence electrons. The lowest BCUT2D eigenvalue weighted by atomic mass is 10.2. The van der Waals surface area contributed by atoms with Gasteiger partial charge in [-0.3, -0.25) is 9.48 Å². The summed E-state index contributed by atoms with van der Waals surface area (Å²) in [5.41, 5.74) is 1.92. The number of carbonyl (C=O) groups excluding carboxylic acids is 1. The minimum absolute atomic E-state index is 0.181. The first-order valence-electron chi connectivity index (χ1n) is 5.55. The third-order valence-corrected chi connectivity index (χ3v) is 2.54. The molecule has 0 aromatic carbocycles. The zero-order valence-electron chi connectivity index (χ0n) is 10.6. The van der Waals surface area contributed by atoms with Crippen molar-refractivity contribution in [2.75, 3.05) is 17.7 Å². The van der Waals surface area contributed by atoms with Crippen molar-refractivity contribution in [2.45, 2.75) is 6.92 Å². The van der Waals surface area contributed by atoms with Gasteiger partial charge in [0.2, 0.25) is 0 Å². The number of aromatic nitrogens is 3. The fourth-order valence-electron chi connectivity index (χ4n) is 1.64. The molecule has 0 saturated carbocycles. The summed E-state index contributed by atoms with van der Waals surface area (Å²) in [7, 11) is 3.58. The van der Waals surface area contributed by atoms with Crippen molar-refractivity contribution < 1.29 is 4.79 Å². The number of pyridine rings is 1. The summed E-state index contributed by atoms with van der Waals surface area (Å²) < 4.78 is 1.62. The predicted molar refractivity (Wildman–Crippen MR) is 69.7 cm³/mol. The van der Waals surface area contributed by atoms with Gasteiger partial charge in [0.25, 0.3) is 5.91 Å². The van der Waals surface area contributed by atoms with Gasteiger partial charge in [-0.05, 0) is 19.1 Å². The number of carbonyl (C=O) groups is 1. The maximum absolute atomic E-state index is 12.0. The third-order valence-electron chi connectivity index (χ3n) is 2.54. The summed E-state index contributed by atoms with van der Waals surface area (Å²) in [6.07, 6.45) is 3.30. The highest BCUT2D eigenvalue weighted by atomic mass is 16.1. The van der Waals surface area contributed by atoms with Crippen molar-refractivity contribution in [3.63, 3.8) is 0 Å². The Morgan fingerprint density at radius 3 is 2.67 bits per heavy atom. The molecule has 0 fully saturated rings. The maximum Gasteiger partial charge on any atom is 0.259 e. The number of hydrogen-bond acceptors (Lipinski definition) is 4. The van der Waals surface area contributed by atoms with Crippen LogP contribution in [0.15, 0.2) is 24.5 Å². The number of hydrogen-bond donors (Lipinski definition) is 2. The molecule has 6 nitrogen and oxygen atoms in total. The molecule has 0 saturated heterocycles. The Morgan fingerprint density at radius 2 is 2.17 bits per heavy atom. The molecule has 6 heteroatoms. The first-order valence-corrected chi connectivity index (χ1v) is 5.55. The average Bonchev–Trinajstić information content (AvgIpc) is 2.69. The van der Waals surface area contributed by atoms with E-state index >= 15 is 0 Å². The second kappa shape index (κ2) is 4.87. The fourth-order valence-corrected chi connectivity index (χ4v) is 1.64. The van der Waals surface area contributed by atoms with Crippen LogP contribution >= 0.6 is 0 Å². The molecule has 0 unspecified atom stereocenters. The molecule has 2 rings (SSSR count). The molecule has 0 spiro atoms. The zero-order valence-corrected chi connectivity index (χ0v) is 10.6. The minimum atomic E-state index is -0.181. The van der Waals surface area contributed by atoms with Gasteiger partial charge in [0, 0.05) is 20.3 Å². The maximum atomic E-state index is 12.0. The minimum Gasteiger partial charge on any atom is -0.373 e. The summed E-state index contributed by atoms with van der Waals surface area (Å²) >= 11 is 0. The molecule has 0 aliphatic rings. The first kappa shape index (κ1) is 12.1. The second-order valence-corrected chi connectivity index (χ2v) is 3.94. The van der Waals surface area contributed by atoms with Crippen LogP contribution in [0.2, 0.25) is 0 Å². The molecule has 2 N–H and O–H groups in total. The number of rotatable bonds is 3. The second-order valence-electron chi connectivity index (χ2n) is 3.94. The number of nitrogens with zero attached hydrogens (tertiary/aromatic N) is 3. The van der Waals surface area contributed by atoms with E-state index in [1.165, 1.54) is 0 Å². The van der Waals surface area contributed by atoms with Crippen molar-refractivity contribution in [3.05, 3.63) is 35.8 Å². The van der Waals surface area contributed by atoms with Crippen LogP contribution in [-0.4, -0.2) is 27.7 Å². The van der Waals surface area contributed by atoms with Gasteiger partial charge >= 0.3 is 0 Å². The van der Waals surface area contributed by atoms with Crippen LogP contribution in [0.4, 0.5) is 11.5 Å². The topological polar surface area (TPSA) is 71.8 Å². The summed E-state index contributed by atoms with van der Waals surface area (Å²) in [6.45, 7) is 1.80. The number of nitrogens with one attached hydrogen (secondary N) is 2. The Labute approximate surface area is 105 Å². The zero-order chi connectivity index (χ0) is 13.1. The standard InChI is InChI=1S/C12H15N5O/c1-8-10(7-17(3)16-8)12(18)15-9-4-5-11(13-2)14-6-9/h4-7H,1-3H3,(H,13,14)(H,15,18). The molecule has 18 heavy (non-hydrogen) atoms. The monoisotopic (exact) mass is 245 g/mol. The first-order chi connectivity index (χ1) is 8.60.